The van der Waals surface area contributed by atoms with Crippen molar-refractivity contribution in [1.29, 1.82) is 0 Å². The first-order valence-electron chi connectivity index (χ1n) is 5.47. The second-order valence-corrected chi connectivity index (χ2v) is 5.39. The first-order chi connectivity index (χ1) is 8.09. The lowest BCUT2D eigenvalue weighted by Gasteiger charge is -2.30. The third kappa shape index (κ3) is 2.65. The van der Waals surface area contributed by atoms with Crippen molar-refractivity contribution in [3.8, 4) is 0 Å². The number of amides is 1. The lowest BCUT2D eigenvalue weighted by Crippen LogP contribution is -2.40. The van der Waals surface area contributed by atoms with E-state index in [0.29, 0.717) is 13.1 Å². The zero-order chi connectivity index (χ0) is 12.4. The number of halogens is 3. The van der Waals surface area contributed by atoms with Crippen molar-refractivity contribution < 1.29 is 13.6 Å². The van der Waals surface area contributed by atoms with E-state index in [2.05, 4.69) is 15.9 Å². The van der Waals surface area contributed by atoms with E-state index in [9.17, 15) is 13.6 Å². The summed E-state index contributed by atoms with van der Waals surface area (Å²) in [6, 6.07) is 3.68. The van der Waals surface area contributed by atoms with Crippen LogP contribution in [0.15, 0.2) is 18.2 Å². The maximum absolute atomic E-state index is 13.5. The Kier molecular flexibility index (Phi) is 3.76. The van der Waals surface area contributed by atoms with Gasteiger partial charge in [-0.15, -0.1) is 0 Å². The Morgan fingerprint density at radius 3 is 2.88 bits per heavy atom. The monoisotopic (exact) mass is 303 g/mol. The number of alkyl halides is 1. The molecule has 0 saturated carbocycles. The average molecular weight is 304 g/mol. The third-order valence-electron chi connectivity index (χ3n) is 2.83. The Bertz CT molecular complexity index is 439. The molecule has 0 bridgehead atoms. The van der Waals surface area contributed by atoms with Crippen LogP contribution in [0.5, 0.6) is 0 Å². The molecule has 1 aromatic rings. The summed E-state index contributed by atoms with van der Waals surface area (Å²) in [5.41, 5.74) is -0.188. The molecule has 2 nitrogen and oxygen atoms in total. The summed E-state index contributed by atoms with van der Waals surface area (Å²) >= 11 is 3.44. The highest BCUT2D eigenvalue weighted by molar-refractivity contribution is 9.09. The number of nitrogens with zero attached hydrogens (tertiary/aromatic N) is 1. The van der Waals surface area contributed by atoms with Crippen molar-refractivity contribution in [2.24, 2.45) is 0 Å². The van der Waals surface area contributed by atoms with Gasteiger partial charge >= 0.3 is 0 Å². The van der Waals surface area contributed by atoms with Crippen LogP contribution in [0.25, 0.3) is 0 Å². The molecular weight excluding hydrogens is 292 g/mol. The second-order valence-electron chi connectivity index (χ2n) is 4.09. The smallest absolute Gasteiger partial charge is 0.256 e. The minimum absolute atomic E-state index is 0.188. The standard InChI is InChI=1S/C12H12BrF2NO/c13-8-3-2-6-16(7-8)12(17)9-4-1-5-10(14)11(9)15/h1,4-5,8H,2-3,6-7H2. The molecule has 0 N–H and O–H groups in total. The van der Waals surface area contributed by atoms with Crippen molar-refractivity contribution in [1.82, 2.24) is 4.90 Å². The van der Waals surface area contributed by atoms with Gasteiger partial charge in [0.05, 0.1) is 5.56 Å². The van der Waals surface area contributed by atoms with E-state index < -0.39 is 17.5 Å². The number of hydrogen-bond acceptors (Lipinski definition) is 1. The predicted molar refractivity (Wildman–Crippen MR) is 64.2 cm³/mol. The van der Waals surface area contributed by atoms with Gasteiger partial charge in [0.15, 0.2) is 11.6 Å². The maximum atomic E-state index is 13.5. The van der Waals surface area contributed by atoms with Gasteiger partial charge in [-0.3, -0.25) is 4.79 Å². The predicted octanol–water partition coefficient (Wildman–Crippen LogP) is 2.96. The summed E-state index contributed by atoms with van der Waals surface area (Å²) in [5.74, 6) is -2.48. The molecule has 0 spiro atoms. The third-order valence-corrected chi connectivity index (χ3v) is 3.58. The number of carbonyl (C=O) groups is 1. The summed E-state index contributed by atoms with van der Waals surface area (Å²) in [4.78, 5) is 13.8. The fourth-order valence-corrected chi connectivity index (χ4v) is 2.62. The van der Waals surface area contributed by atoms with E-state index in [1.165, 1.54) is 12.1 Å². The fourth-order valence-electron chi connectivity index (χ4n) is 1.95. The number of benzene rings is 1. The zero-order valence-corrected chi connectivity index (χ0v) is 10.7. The number of carbonyl (C=O) groups excluding carboxylic acids is 1. The van der Waals surface area contributed by atoms with Crippen LogP contribution in [-0.4, -0.2) is 28.7 Å². The van der Waals surface area contributed by atoms with E-state index in [0.717, 1.165) is 18.9 Å². The van der Waals surface area contributed by atoms with Crippen LogP contribution in [-0.2, 0) is 0 Å². The van der Waals surface area contributed by atoms with Gasteiger partial charge in [0.25, 0.3) is 5.91 Å². The molecule has 1 aromatic carbocycles. The summed E-state index contributed by atoms with van der Waals surface area (Å²) < 4.78 is 26.5. The lowest BCUT2D eigenvalue weighted by molar-refractivity contribution is 0.0724. The van der Waals surface area contributed by atoms with Crippen molar-refractivity contribution in [2.45, 2.75) is 17.7 Å². The highest BCUT2D eigenvalue weighted by Gasteiger charge is 2.25. The molecule has 1 atom stereocenters. The van der Waals surface area contributed by atoms with Gasteiger partial charge in [0, 0.05) is 17.9 Å². The van der Waals surface area contributed by atoms with Gasteiger partial charge in [0.1, 0.15) is 0 Å². The van der Waals surface area contributed by atoms with E-state index in [-0.39, 0.29) is 10.4 Å². The minimum atomic E-state index is -1.06. The Morgan fingerprint density at radius 2 is 2.18 bits per heavy atom. The van der Waals surface area contributed by atoms with Crippen LogP contribution in [0, 0.1) is 11.6 Å². The second kappa shape index (κ2) is 5.12. The van der Waals surface area contributed by atoms with Crippen LogP contribution in [0.4, 0.5) is 8.78 Å². The number of likely N-dealkylation sites (tertiary alicyclic amines) is 1. The van der Waals surface area contributed by atoms with Crippen LogP contribution >= 0.6 is 15.9 Å². The molecule has 1 fully saturated rings. The molecule has 1 heterocycles. The fraction of sp³-hybridized carbons (Fsp3) is 0.417. The molecule has 2 rings (SSSR count). The molecule has 1 aliphatic heterocycles. The van der Waals surface area contributed by atoms with Gasteiger partial charge in [0.2, 0.25) is 0 Å². The van der Waals surface area contributed by atoms with Gasteiger partial charge < -0.3 is 4.90 Å². The molecule has 1 unspecified atom stereocenters. The normalized spacial score (nSPS) is 20.4. The van der Waals surface area contributed by atoms with E-state index >= 15 is 0 Å². The zero-order valence-electron chi connectivity index (χ0n) is 9.13. The summed E-state index contributed by atoms with van der Waals surface area (Å²) in [6.45, 7) is 1.13. The molecule has 1 amide bonds. The summed E-state index contributed by atoms with van der Waals surface area (Å²) in [5, 5.41) is 0. The minimum Gasteiger partial charge on any atom is -0.337 e. The highest BCUT2D eigenvalue weighted by atomic mass is 79.9. The Hall–Kier alpha value is -0.970. The molecule has 0 radical (unpaired) electrons. The lowest BCUT2D eigenvalue weighted by atomic mass is 10.1. The molecule has 5 heteroatoms. The van der Waals surface area contributed by atoms with Crippen molar-refractivity contribution >= 4 is 21.8 Å². The van der Waals surface area contributed by atoms with Gasteiger partial charge in [-0.2, -0.15) is 0 Å². The van der Waals surface area contributed by atoms with E-state index in [4.69, 9.17) is 0 Å². The number of hydrogen-bond donors (Lipinski definition) is 0. The van der Waals surface area contributed by atoms with Crippen molar-refractivity contribution in [3.05, 3.63) is 35.4 Å². The topological polar surface area (TPSA) is 20.3 Å². The molecular formula is C12H12BrF2NO. The van der Waals surface area contributed by atoms with Crippen LogP contribution in [0.2, 0.25) is 0 Å². The van der Waals surface area contributed by atoms with Crippen LogP contribution in [0.3, 0.4) is 0 Å². The van der Waals surface area contributed by atoms with Crippen molar-refractivity contribution in [2.75, 3.05) is 13.1 Å². The SMILES string of the molecule is O=C(c1cccc(F)c1F)N1CCCC(Br)C1. The van der Waals surface area contributed by atoms with E-state index in [1.807, 2.05) is 0 Å². The number of rotatable bonds is 1. The molecule has 0 aliphatic carbocycles. The molecule has 1 saturated heterocycles. The summed E-state index contributed by atoms with van der Waals surface area (Å²) in [7, 11) is 0. The molecule has 17 heavy (non-hydrogen) atoms. The Balaban J connectivity index is 2.22. The first-order valence-corrected chi connectivity index (χ1v) is 6.38. The average Bonchev–Trinajstić information content (AvgIpc) is 2.32. The Labute approximate surface area is 107 Å². The Morgan fingerprint density at radius 1 is 1.41 bits per heavy atom. The number of piperidine rings is 1. The van der Waals surface area contributed by atoms with Gasteiger partial charge in [-0.05, 0) is 25.0 Å². The van der Waals surface area contributed by atoms with Gasteiger partial charge in [-0.1, -0.05) is 22.0 Å². The highest BCUT2D eigenvalue weighted by Crippen LogP contribution is 2.20. The van der Waals surface area contributed by atoms with Gasteiger partial charge in [-0.25, -0.2) is 8.78 Å². The van der Waals surface area contributed by atoms with Crippen LogP contribution < -0.4 is 0 Å². The maximum Gasteiger partial charge on any atom is 0.256 e. The molecule has 0 aromatic heterocycles. The largest absolute Gasteiger partial charge is 0.337 e. The first kappa shape index (κ1) is 12.5. The quantitative estimate of drug-likeness (QED) is 0.731. The summed E-state index contributed by atoms with van der Waals surface area (Å²) in [6.07, 6.45) is 1.87. The van der Waals surface area contributed by atoms with Crippen LogP contribution in [0.1, 0.15) is 23.2 Å². The molecule has 92 valence electrons. The van der Waals surface area contributed by atoms with E-state index in [1.54, 1.807) is 4.90 Å². The molecule has 1 aliphatic rings. The van der Waals surface area contributed by atoms with Crippen molar-refractivity contribution in [3.63, 3.8) is 0 Å².